The summed E-state index contributed by atoms with van der Waals surface area (Å²) in [5.41, 5.74) is 8.76. The van der Waals surface area contributed by atoms with E-state index in [2.05, 4.69) is 14.8 Å². The lowest BCUT2D eigenvalue weighted by molar-refractivity contribution is -0.131. The minimum Gasteiger partial charge on any atom is -0.448 e. The molecule has 0 aliphatic carbocycles. The van der Waals surface area contributed by atoms with E-state index in [1.807, 2.05) is 12.3 Å². The third-order valence-electron chi connectivity index (χ3n) is 3.67. The van der Waals surface area contributed by atoms with Crippen molar-refractivity contribution in [2.45, 2.75) is 18.8 Å². The van der Waals surface area contributed by atoms with Gasteiger partial charge in [0, 0.05) is 19.3 Å². The lowest BCUT2D eigenvalue weighted by atomic mass is 9.91. The molecule has 0 atom stereocenters. The summed E-state index contributed by atoms with van der Waals surface area (Å²) in [5, 5.41) is 10.1. The number of anilines is 1. The number of nitrogens with one attached hydrogen (secondary N) is 1. The number of fused-ring (bicyclic) bond motifs is 1. The van der Waals surface area contributed by atoms with E-state index < -0.39 is 6.16 Å². The van der Waals surface area contributed by atoms with Crippen molar-refractivity contribution < 1.29 is 14.7 Å². The summed E-state index contributed by atoms with van der Waals surface area (Å²) in [6, 6.07) is 3.69. The van der Waals surface area contributed by atoms with Crippen LogP contribution in [0.2, 0.25) is 0 Å². The molecule has 0 radical (unpaired) electrons. The van der Waals surface area contributed by atoms with Crippen LogP contribution in [0.4, 0.5) is 10.6 Å². The summed E-state index contributed by atoms with van der Waals surface area (Å²) in [6.07, 6.45) is 2.37. The number of nitrogens with zero attached hydrogens (tertiary/aromatic N) is 2. The summed E-state index contributed by atoms with van der Waals surface area (Å²) >= 11 is 0. The SMILES string of the molecule is Nc1ccc2[nH]cc(C3CCN(OC(=O)O)CC3)c2n1. The zero-order valence-electron chi connectivity index (χ0n) is 10.9. The second-order valence-corrected chi connectivity index (χ2v) is 4.94. The number of aromatic amines is 1. The lowest BCUT2D eigenvalue weighted by Crippen LogP contribution is -2.34. The van der Waals surface area contributed by atoms with Crippen molar-refractivity contribution in [2.75, 3.05) is 18.8 Å². The molecule has 106 valence electrons. The molecule has 1 aliphatic rings. The number of hydroxylamine groups is 2. The van der Waals surface area contributed by atoms with Gasteiger partial charge in [0.2, 0.25) is 0 Å². The Morgan fingerprint density at radius 2 is 2.20 bits per heavy atom. The summed E-state index contributed by atoms with van der Waals surface area (Å²) < 4.78 is 0. The zero-order valence-corrected chi connectivity index (χ0v) is 10.9. The van der Waals surface area contributed by atoms with E-state index in [1.54, 1.807) is 6.07 Å². The van der Waals surface area contributed by atoms with E-state index in [0.29, 0.717) is 24.8 Å². The Morgan fingerprint density at radius 3 is 2.90 bits per heavy atom. The fraction of sp³-hybridized carbons (Fsp3) is 0.385. The molecule has 2 aromatic rings. The molecule has 0 aromatic carbocycles. The van der Waals surface area contributed by atoms with Gasteiger partial charge in [-0.05, 0) is 36.5 Å². The van der Waals surface area contributed by atoms with Gasteiger partial charge in [0.05, 0.1) is 11.0 Å². The lowest BCUT2D eigenvalue weighted by Gasteiger charge is -2.29. The van der Waals surface area contributed by atoms with Crippen LogP contribution in [0.1, 0.15) is 24.3 Å². The number of carbonyl (C=O) groups is 1. The molecule has 7 nitrogen and oxygen atoms in total. The average molecular weight is 276 g/mol. The number of pyridine rings is 1. The molecule has 0 spiro atoms. The van der Waals surface area contributed by atoms with E-state index in [9.17, 15) is 4.79 Å². The van der Waals surface area contributed by atoms with Crippen LogP contribution in [0.5, 0.6) is 0 Å². The Labute approximate surface area is 115 Å². The molecule has 1 saturated heterocycles. The molecule has 1 aliphatic heterocycles. The minimum absolute atomic E-state index is 0.340. The van der Waals surface area contributed by atoms with Gasteiger partial charge in [-0.1, -0.05) is 0 Å². The average Bonchev–Trinajstić information content (AvgIpc) is 2.82. The van der Waals surface area contributed by atoms with Crippen molar-refractivity contribution in [1.82, 2.24) is 15.0 Å². The zero-order chi connectivity index (χ0) is 14.1. The summed E-state index contributed by atoms with van der Waals surface area (Å²) in [7, 11) is 0. The molecule has 0 saturated carbocycles. The number of hydrogen-bond donors (Lipinski definition) is 3. The van der Waals surface area contributed by atoms with Crippen LogP contribution >= 0.6 is 0 Å². The first-order chi connectivity index (χ1) is 9.63. The Bertz CT molecular complexity index is 632. The van der Waals surface area contributed by atoms with E-state index in [1.165, 1.54) is 5.06 Å². The molecule has 4 N–H and O–H groups in total. The van der Waals surface area contributed by atoms with E-state index in [-0.39, 0.29) is 0 Å². The molecule has 0 amide bonds. The Morgan fingerprint density at radius 1 is 1.45 bits per heavy atom. The first-order valence-corrected chi connectivity index (χ1v) is 6.53. The number of H-pyrrole nitrogens is 1. The van der Waals surface area contributed by atoms with Gasteiger partial charge in [-0.3, -0.25) is 0 Å². The number of rotatable bonds is 2. The predicted molar refractivity (Wildman–Crippen MR) is 73.2 cm³/mol. The third-order valence-corrected chi connectivity index (χ3v) is 3.67. The molecule has 1 fully saturated rings. The molecule has 0 unspecified atom stereocenters. The number of nitrogen functional groups attached to an aromatic ring is 1. The molecule has 7 heteroatoms. The maximum atomic E-state index is 10.5. The molecular formula is C13H16N4O3. The standard InChI is InChI=1S/C13H16N4O3/c14-11-2-1-10-12(16-11)9(7-15-10)8-3-5-17(6-4-8)20-13(18)19/h1-2,7-8,15H,3-6H2,(H2,14,16)(H,18,19). The van der Waals surface area contributed by atoms with Crippen LogP contribution in [0.25, 0.3) is 11.0 Å². The number of nitrogens with two attached hydrogens (primary N) is 1. The van der Waals surface area contributed by atoms with Gasteiger partial charge in [-0.2, -0.15) is 0 Å². The normalized spacial score (nSPS) is 17.4. The van der Waals surface area contributed by atoms with Crippen LogP contribution in [0, 0.1) is 0 Å². The minimum atomic E-state index is -1.26. The Hall–Kier alpha value is -2.28. The summed E-state index contributed by atoms with van der Waals surface area (Å²) in [6.45, 7) is 1.18. The van der Waals surface area contributed by atoms with Crippen molar-refractivity contribution in [3.8, 4) is 0 Å². The largest absolute Gasteiger partial charge is 0.525 e. The predicted octanol–water partition coefficient (Wildman–Crippen LogP) is 1.93. The van der Waals surface area contributed by atoms with E-state index in [4.69, 9.17) is 10.8 Å². The fourth-order valence-electron chi connectivity index (χ4n) is 2.71. The molecule has 0 bridgehead atoms. The van der Waals surface area contributed by atoms with Crippen molar-refractivity contribution in [1.29, 1.82) is 0 Å². The van der Waals surface area contributed by atoms with Gasteiger partial charge in [0.1, 0.15) is 5.82 Å². The van der Waals surface area contributed by atoms with Crippen LogP contribution in [0.15, 0.2) is 18.3 Å². The molecule has 3 rings (SSSR count). The number of hydrogen-bond acceptors (Lipinski definition) is 5. The first kappa shape index (κ1) is 12.7. The second-order valence-electron chi connectivity index (χ2n) is 4.94. The molecule has 2 aromatic heterocycles. The van der Waals surface area contributed by atoms with E-state index >= 15 is 0 Å². The smallest absolute Gasteiger partial charge is 0.448 e. The topological polar surface area (TPSA) is 104 Å². The van der Waals surface area contributed by atoms with Gasteiger partial charge < -0.3 is 20.7 Å². The van der Waals surface area contributed by atoms with E-state index in [0.717, 1.165) is 29.4 Å². The monoisotopic (exact) mass is 276 g/mol. The highest BCUT2D eigenvalue weighted by molar-refractivity contribution is 5.81. The molecule has 3 heterocycles. The number of aromatic nitrogens is 2. The van der Waals surface area contributed by atoms with Crippen molar-refractivity contribution in [3.05, 3.63) is 23.9 Å². The quantitative estimate of drug-likeness (QED) is 0.774. The third kappa shape index (κ3) is 2.39. The van der Waals surface area contributed by atoms with Gasteiger partial charge in [0.25, 0.3) is 0 Å². The van der Waals surface area contributed by atoms with Gasteiger partial charge in [0.15, 0.2) is 0 Å². The van der Waals surface area contributed by atoms with Gasteiger partial charge in [-0.25, -0.2) is 9.78 Å². The Balaban J connectivity index is 1.76. The van der Waals surface area contributed by atoms with Crippen molar-refractivity contribution >= 4 is 23.0 Å². The van der Waals surface area contributed by atoms with Crippen LogP contribution in [0.3, 0.4) is 0 Å². The maximum Gasteiger partial charge on any atom is 0.525 e. The molecular weight excluding hydrogens is 260 g/mol. The van der Waals surface area contributed by atoms with Crippen LogP contribution in [-0.4, -0.2) is 39.4 Å². The molecule has 20 heavy (non-hydrogen) atoms. The number of piperidine rings is 1. The highest BCUT2D eigenvalue weighted by atomic mass is 16.8. The highest BCUT2D eigenvalue weighted by Gasteiger charge is 2.25. The van der Waals surface area contributed by atoms with Gasteiger partial charge >= 0.3 is 6.16 Å². The van der Waals surface area contributed by atoms with Crippen LogP contribution in [-0.2, 0) is 4.84 Å². The second kappa shape index (κ2) is 5.01. The van der Waals surface area contributed by atoms with Gasteiger partial charge in [-0.15, -0.1) is 5.06 Å². The fourth-order valence-corrected chi connectivity index (χ4v) is 2.71. The van der Waals surface area contributed by atoms with Crippen LogP contribution < -0.4 is 5.73 Å². The maximum absolute atomic E-state index is 10.5. The first-order valence-electron chi connectivity index (χ1n) is 6.53. The summed E-state index contributed by atoms with van der Waals surface area (Å²) in [5.74, 6) is 0.844. The summed E-state index contributed by atoms with van der Waals surface area (Å²) in [4.78, 5) is 22.8. The van der Waals surface area contributed by atoms with Crippen molar-refractivity contribution in [2.24, 2.45) is 0 Å². The number of carboxylic acid groups (broad SMARTS) is 1. The highest BCUT2D eigenvalue weighted by Crippen LogP contribution is 2.32. The Kier molecular flexibility index (Phi) is 3.19. The van der Waals surface area contributed by atoms with Crippen molar-refractivity contribution in [3.63, 3.8) is 0 Å².